The number of hydrogen-bond acceptors (Lipinski definition) is 1. The van der Waals surface area contributed by atoms with E-state index in [0.717, 1.165) is 0 Å². The van der Waals surface area contributed by atoms with Crippen molar-refractivity contribution in [2.75, 3.05) is 0 Å². The predicted molar refractivity (Wildman–Crippen MR) is 58.0 cm³/mol. The standard InChI is InChI=1S/C13H14O/c14-13(9-5-2-6-10-13)11-12-7-3-1-4-8-12/h1-9,14H,10-11H2. The molecule has 0 saturated heterocycles. The van der Waals surface area contributed by atoms with Gasteiger partial charge in [-0.25, -0.2) is 0 Å². The molecule has 1 aliphatic carbocycles. The third kappa shape index (κ3) is 2.12. The van der Waals surface area contributed by atoms with Gasteiger partial charge in [-0.1, -0.05) is 54.6 Å². The Morgan fingerprint density at radius 1 is 1.14 bits per heavy atom. The van der Waals surface area contributed by atoms with Crippen LogP contribution in [-0.2, 0) is 6.42 Å². The van der Waals surface area contributed by atoms with Crippen LogP contribution in [0.2, 0.25) is 0 Å². The lowest BCUT2D eigenvalue weighted by molar-refractivity contribution is 0.0934. The van der Waals surface area contributed by atoms with Crippen LogP contribution in [0.25, 0.3) is 0 Å². The van der Waals surface area contributed by atoms with E-state index >= 15 is 0 Å². The molecule has 1 nitrogen and oxygen atoms in total. The number of rotatable bonds is 2. The fourth-order valence-corrected chi connectivity index (χ4v) is 1.73. The monoisotopic (exact) mass is 186 g/mol. The van der Waals surface area contributed by atoms with Gasteiger partial charge in [0.05, 0.1) is 5.60 Å². The van der Waals surface area contributed by atoms with Crippen molar-refractivity contribution in [3.05, 3.63) is 60.2 Å². The van der Waals surface area contributed by atoms with E-state index in [2.05, 4.69) is 0 Å². The summed E-state index contributed by atoms with van der Waals surface area (Å²) in [6.07, 6.45) is 9.15. The van der Waals surface area contributed by atoms with Crippen LogP contribution in [0, 0.1) is 0 Å². The van der Waals surface area contributed by atoms with Crippen LogP contribution in [0.1, 0.15) is 12.0 Å². The van der Waals surface area contributed by atoms with E-state index in [0.29, 0.717) is 12.8 Å². The Bertz CT molecular complexity index is 351. The van der Waals surface area contributed by atoms with Crippen molar-refractivity contribution >= 4 is 0 Å². The van der Waals surface area contributed by atoms with E-state index in [4.69, 9.17) is 0 Å². The Kier molecular flexibility index (Phi) is 2.51. The summed E-state index contributed by atoms with van der Waals surface area (Å²) in [6.45, 7) is 0. The van der Waals surface area contributed by atoms with Crippen LogP contribution in [0.3, 0.4) is 0 Å². The number of benzene rings is 1. The van der Waals surface area contributed by atoms with Crippen LogP contribution in [0.4, 0.5) is 0 Å². The minimum atomic E-state index is -0.684. The SMILES string of the molecule is OC1(Cc2ccccc2)C=CC=CC1. The van der Waals surface area contributed by atoms with Crippen molar-refractivity contribution in [2.45, 2.75) is 18.4 Å². The van der Waals surface area contributed by atoms with E-state index in [1.807, 2.05) is 54.6 Å². The van der Waals surface area contributed by atoms with Gasteiger partial charge in [-0.2, -0.15) is 0 Å². The predicted octanol–water partition coefficient (Wildman–Crippen LogP) is 2.48. The molecule has 1 heteroatoms. The third-order valence-electron chi connectivity index (χ3n) is 2.48. The summed E-state index contributed by atoms with van der Waals surface area (Å²) in [7, 11) is 0. The first-order chi connectivity index (χ1) is 6.79. The van der Waals surface area contributed by atoms with Crippen molar-refractivity contribution < 1.29 is 5.11 Å². The lowest BCUT2D eigenvalue weighted by Gasteiger charge is -2.24. The highest BCUT2D eigenvalue weighted by Crippen LogP contribution is 2.22. The molecule has 1 unspecified atom stereocenters. The van der Waals surface area contributed by atoms with E-state index in [9.17, 15) is 5.11 Å². The number of hydrogen-bond donors (Lipinski definition) is 1. The van der Waals surface area contributed by atoms with Crippen LogP contribution in [0.5, 0.6) is 0 Å². The summed E-state index contributed by atoms with van der Waals surface area (Å²) in [5, 5.41) is 10.2. The summed E-state index contributed by atoms with van der Waals surface area (Å²) in [4.78, 5) is 0. The first kappa shape index (κ1) is 9.22. The molecule has 1 aromatic rings. The Morgan fingerprint density at radius 3 is 2.57 bits per heavy atom. The van der Waals surface area contributed by atoms with Crippen molar-refractivity contribution in [1.29, 1.82) is 0 Å². The van der Waals surface area contributed by atoms with Gasteiger partial charge in [-0.05, 0) is 12.0 Å². The number of allylic oxidation sites excluding steroid dienone is 2. The molecule has 1 aromatic carbocycles. The molecule has 72 valence electrons. The molecule has 0 bridgehead atoms. The molecule has 1 aliphatic rings. The average Bonchev–Trinajstić information content (AvgIpc) is 2.19. The molecule has 0 spiro atoms. The van der Waals surface area contributed by atoms with E-state index in [-0.39, 0.29) is 0 Å². The second kappa shape index (κ2) is 3.81. The zero-order valence-corrected chi connectivity index (χ0v) is 8.06. The quantitative estimate of drug-likeness (QED) is 0.752. The average molecular weight is 186 g/mol. The molecule has 0 radical (unpaired) electrons. The summed E-state index contributed by atoms with van der Waals surface area (Å²) >= 11 is 0. The van der Waals surface area contributed by atoms with Crippen LogP contribution in [0.15, 0.2) is 54.6 Å². The van der Waals surface area contributed by atoms with Gasteiger partial charge in [-0.3, -0.25) is 0 Å². The van der Waals surface area contributed by atoms with Crippen LogP contribution < -0.4 is 0 Å². The number of aliphatic hydroxyl groups is 1. The summed E-state index contributed by atoms with van der Waals surface area (Å²) in [6, 6.07) is 10.1. The van der Waals surface area contributed by atoms with Gasteiger partial charge < -0.3 is 5.11 Å². The van der Waals surface area contributed by atoms with Crippen molar-refractivity contribution in [1.82, 2.24) is 0 Å². The maximum Gasteiger partial charge on any atom is 0.0905 e. The summed E-state index contributed by atoms with van der Waals surface area (Å²) in [5.41, 5.74) is 0.491. The molecular weight excluding hydrogens is 172 g/mol. The van der Waals surface area contributed by atoms with Crippen molar-refractivity contribution in [3.63, 3.8) is 0 Å². The van der Waals surface area contributed by atoms with Gasteiger partial charge in [0.2, 0.25) is 0 Å². The molecule has 0 amide bonds. The molecule has 14 heavy (non-hydrogen) atoms. The molecule has 1 atom stereocenters. The summed E-state index contributed by atoms with van der Waals surface area (Å²) in [5.74, 6) is 0. The highest BCUT2D eigenvalue weighted by molar-refractivity contribution is 5.24. The second-order valence-corrected chi connectivity index (χ2v) is 3.76. The van der Waals surface area contributed by atoms with Gasteiger partial charge in [0.1, 0.15) is 0 Å². The molecule has 2 rings (SSSR count). The largest absolute Gasteiger partial charge is 0.385 e. The van der Waals surface area contributed by atoms with Crippen molar-refractivity contribution in [3.8, 4) is 0 Å². The minimum absolute atomic E-state index is 0.684. The highest BCUT2D eigenvalue weighted by Gasteiger charge is 2.23. The Labute approximate surface area is 84.4 Å². The maximum atomic E-state index is 10.2. The minimum Gasteiger partial charge on any atom is -0.385 e. The van der Waals surface area contributed by atoms with Crippen molar-refractivity contribution in [2.24, 2.45) is 0 Å². The maximum absolute atomic E-state index is 10.2. The van der Waals surface area contributed by atoms with Crippen LogP contribution >= 0.6 is 0 Å². The molecule has 0 heterocycles. The molecule has 0 fully saturated rings. The van der Waals surface area contributed by atoms with E-state index in [1.54, 1.807) is 0 Å². The fraction of sp³-hybridized carbons (Fsp3) is 0.231. The zero-order chi connectivity index (χ0) is 9.86. The zero-order valence-electron chi connectivity index (χ0n) is 8.06. The van der Waals surface area contributed by atoms with Gasteiger partial charge in [0.15, 0.2) is 0 Å². The Hall–Kier alpha value is -1.34. The van der Waals surface area contributed by atoms with Gasteiger partial charge >= 0.3 is 0 Å². The lowest BCUT2D eigenvalue weighted by atomic mass is 9.88. The van der Waals surface area contributed by atoms with E-state index in [1.165, 1.54) is 5.56 Å². The van der Waals surface area contributed by atoms with Crippen LogP contribution in [-0.4, -0.2) is 10.7 Å². The third-order valence-corrected chi connectivity index (χ3v) is 2.48. The smallest absolute Gasteiger partial charge is 0.0905 e. The van der Waals surface area contributed by atoms with E-state index < -0.39 is 5.60 Å². The first-order valence-electron chi connectivity index (χ1n) is 4.89. The lowest BCUT2D eigenvalue weighted by Crippen LogP contribution is -2.29. The molecule has 0 saturated carbocycles. The Balaban J connectivity index is 2.11. The molecule has 1 N–H and O–H groups in total. The molecule has 0 aromatic heterocycles. The fourth-order valence-electron chi connectivity index (χ4n) is 1.73. The second-order valence-electron chi connectivity index (χ2n) is 3.76. The van der Waals surface area contributed by atoms with Gasteiger partial charge in [-0.15, -0.1) is 0 Å². The molecular formula is C13H14O. The first-order valence-corrected chi connectivity index (χ1v) is 4.89. The topological polar surface area (TPSA) is 20.2 Å². The van der Waals surface area contributed by atoms with Gasteiger partial charge in [0, 0.05) is 6.42 Å². The normalized spacial score (nSPS) is 25.2. The summed E-state index contributed by atoms with van der Waals surface area (Å²) < 4.78 is 0. The Morgan fingerprint density at radius 2 is 1.93 bits per heavy atom. The molecule has 0 aliphatic heterocycles. The highest BCUT2D eigenvalue weighted by atomic mass is 16.3. The van der Waals surface area contributed by atoms with Gasteiger partial charge in [0.25, 0.3) is 0 Å².